The standard InChI is InChI=1S/C9H11ClN2O4S/c1-6-2-4-7(5-3-6)17(15,16)12-11-8(10)9(13)14/h2-5,9,12-14H,1H3. The van der Waals surface area contributed by atoms with Crippen molar-refractivity contribution in [3.63, 3.8) is 0 Å². The average molecular weight is 279 g/mol. The van der Waals surface area contributed by atoms with Gasteiger partial charge in [0.15, 0.2) is 5.17 Å². The van der Waals surface area contributed by atoms with E-state index in [1.165, 1.54) is 12.1 Å². The second kappa shape index (κ2) is 5.46. The molecular formula is C9H11ClN2O4S. The van der Waals surface area contributed by atoms with E-state index in [9.17, 15) is 8.42 Å². The van der Waals surface area contributed by atoms with E-state index in [1.807, 2.05) is 6.92 Å². The van der Waals surface area contributed by atoms with E-state index < -0.39 is 21.5 Å². The normalized spacial score (nSPS) is 12.9. The van der Waals surface area contributed by atoms with Crippen molar-refractivity contribution in [1.82, 2.24) is 4.83 Å². The van der Waals surface area contributed by atoms with Gasteiger partial charge in [0.2, 0.25) is 6.29 Å². The van der Waals surface area contributed by atoms with Crippen LogP contribution in [-0.2, 0) is 10.0 Å². The highest BCUT2D eigenvalue weighted by molar-refractivity contribution is 7.89. The zero-order valence-corrected chi connectivity index (χ0v) is 10.4. The van der Waals surface area contributed by atoms with E-state index in [-0.39, 0.29) is 4.90 Å². The number of aryl methyl sites for hydroxylation is 1. The monoisotopic (exact) mass is 278 g/mol. The van der Waals surface area contributed by atoms with E-state index in [2.05, 4.69) is 5.10 Å². The maximum absolute atomic E-state index is 11.6. The Morgan fingerprint density at radius 1 is 1.35 bits per heavy atom. The first kappa shape index (κ1) is 13.9. The molecule has 0 radical (unpaired) electrons. The van der Waals surface area contributed by atoms with Gasteiger partial charge in [0.05, 0.1) is 4.90 Å². The molecule has 0 fully saturated rings. The van der Waals surface area contributed by atoms with Gasteiger partial charge in [0.1, 0.15) is 0 Å². The lowest BCUT2D eigenvalue weighted by molar-refractivity contribution is 0.0217. The van der Waals surface area contributed by atoms with Gasteiger partial charge in [-0.3, -0.25) is 0 Å². The SMILES string of the molecule is Cc1ccc(S(=O)(=O)NN=C(Cl)C(O)O)cc1. The first-order valence-corrected chi connectivity index (χ1v) is 6.37. The molecule has 1 aromatic carbocycles. The predicted molar refractivity (Wildman–Crippen MR) is 63.0 cm³/mol. The molecule has 17 heavy (non-hydrogen) atoms. The first-order valence-electron chi connectivity index (χ1n) is 4.50. The number of halogens is 1. The van der Waals surface area contributed by atoms with Crippen LogP contribution in [0, 0.1) is 6.92 Å². The molecule has 8 heteroatoms. The number of aliphatic hydroxyl groups excluding tert-OH is 1. The molecule has 94 valence electrons. The van der Waals surface area contributed by atoms with Gasteiger partial charge < -0.3 is 10.2 Å². The van der Waals surface area contributed by atoms with Crippen molar-refractivity contribution < 1.29 is 18.6 Å². The summed E-state index contributed by atoms with van der Waals surface area (Å²) in [6, 6.07) is 6.05. The molecular weight excluding hydrogens is 268 g/mol. The second-order valence-electron chi connectivity index (χ2n) is 3.22. The summed E-state index contributed by atoms with van der Waals surface area (Å²) in [6.07, 6.45) is -2.02. The molecule has 0 amide bonds. The van der Waals surface area contributed by atoms with E-state index in [4.69, 9.17) is 21.8 Å². The zero-order chi connectivity index (χ0) is 13.1. The lowest BCUT2D eigenvalue weighted by Crippen LogP contribution is -2.23. The van der Waals surface area contributed by atoms with Gasteiger partial charge in [-0.2, -0.15) is 18.4 Å². The average Bonchev–Trinajstić information content (AvgIpc) is 2.26. The van der Waals surface area contributed by atoms with Crippen molar-refractivity contribution >= 4 is 26.8 Å². The van der Waals surface area contributed by atoms with Crippen molar-refractivity contribution in [3.8, 4) is 0 Å². The Hall–Kier alpha value is -1.15. The summed E-state index contributed by atoms with van der Waals surface area (Å²) >= 11 is 5.26. The van der Waals surface area contributed by atoms with Crippen molar-refractivity contribution in [2.24, 2.45) is 5.10 Å². The quantitative estimate of drug-likeness (QED) is 0.414. The predicted octanol–water partition coefficient (Wildman–Crippen LogP) is 0.136. The molecule has 0 spiro atoms. The number of hydrogen-bond donors (Lipinski definition) is 3. The highest BCUT2D eigenvalue weighted by Gasteiger charge is 2.13. The number of nitrogens with zero attached hydrogens (tertiary/aromatic N) is 1. The van der Waals surface area contributed by atoms with Crippen LogP contribution in [0.5, 0.6) is 0 Å². The summed E-state index contributed by atoms with van der Waals surface area (Å²) in [6.45, 7) is 1.82. The Morgan fingerprint density at radius 3 is 2.35 bits per heavy atom. The summed E-state index contributed by atoms with van der Waals surface area (Å²) in [5, 5.41) is 19.6. The van der Waals surface area contributed by atoms with Crippen molar-refractivity contribution in [2.45, 2.75) is 18.1 Å². The largest absolute Gasteiger partial charge is 0.362 e. The Bertz CT molecular complexity index is 510. The molecule has 1 rings (SSSR count). The maximum atomic E-state index is 11.6. The van der Waals surface area contributed by atoms with Gasteiger partial charge in [-0.25, -0.2) is 0 Å². The van der Waals surface area contributed by atoms with E-state index >= 15 is 0 Å². The van der Waals surface area contributed by atoms with Gasteiger partial charge in [-0.15, -0.1) is 0 Å². The number of sulfonamides is 1. The van der Waals surface area contributed by atoms with Gasteiger partial charge in [-0.1, -0.05) is 29.3 Å². The van der Waals surface area contributed by atoms with Crippen LogP contribution in [0.3, 0.4) is 0 Å². The molecule has 0 saturated heterocycles. The Kier molecular flexibility index (Phi) is 4.47. The molecule has 6 nitrogen and oxygen atoms in total. The fraction of sp³-hybridized carbons (Fsp3) is 0.222. The first-order chi connectivity index (χ1) is 7.83. The van der Waals surface area contributed by atoms with Gasteiger partial charge >= 0.3 is 0 Å². The number of benzene rings is 1. The van der Waals surface area contributed by atoms with Crippen molar-refractivity contribution in [2.75, 3.05) is 0 Å². The molecule has 1 aromatic rings. The van der Waals surface area contributed by atoms with Crippen LogP contribution >= 0.6 is 11.6 Å². The highest BCUT2D eigenvalue weighted by atomic mass is 35.5. The highest BCUT2D eigenvalue weighted by Crippen LogP contribution is 2.09. The lowest BCUT2D eigenvalue weighted by atomic mass is 10.2. The molecule has 0 aliphatic carbocycles. The summed E-state index contributed by atoms with van der Waals surface area (Å²) in [5.41, 5.74) is 0.913. The van der Waals surface area contributed by atoms with Crippen LogP contribution < -0.4 is 4.83 Å². The van der Waals surface area contributed by atoms with Crippen molar-refractivity contribution in [3.05, 3.63) is 29.8 Å². The Morgan fingerprint density at radius 2 is 1.88 bits per heavy atom. The number of hydrogen-bond acceptors (Lipinski definition) is 5. The number of rotatable bonds is 4. The topological polar surface area (TPSA) is 99.0 Å². The van der Waals surface area contributed by atoms with Crippen LogP contribution in [0.15, 0.2) is 34.3 Å². The second-order valence-corrected chi connectivity index (χ2v) is 5.26. The zero-order valence-electron chi connectivity index (χ0n) is 8.83. The fourth-order valence-electron chi connectivity index (χ4n) is 0.932. The van der Waals surface area contributed by atoms with Gasteiger partial charge in [0.25, 0.3) is 10.0 Å². The molecule has 3 N–H and O–H groups in total. The number of hydrazone groups is 1. The molecule has 0 aromatic heterocycles. The summed E-state index contributed by atoms with van der Waals surface area (Å²) < 4.78 is 23.3. The summed E-state index contributed by atoms with van der Waals surface area (Å²) in [7, 11) is -3.85. The van der Waals surface area contributed by atoms with Crippen LogP contribution in [0.25, 0.3) is 0 Å². The minimum Gasteiger partial charge on any atom is -0.362 e. The van der Waals surface area contributed by atoms with Crippen molar-refractivity contribution in [1.29, 1.82) is 0 Å². The third-order valence-corrected chi connectivity index (χ3v) is 3.32. The molecule has 0 bridgehead atoms. The fourth-order valence-corrected chi connectivity index (χ4v) is 1.84. The minimum absolute atomic E-state index is 0.00347. The summed E-state index contributed by atoms with van der Waals surface area (Å²) in [5.74, 6) is 0. The lowest BCUT2D eigenvalue weighted by Gasteiger charge is -2.05. The van der Waals surface area contributed by atoms with Crippen LogP contribution in [0.2, 0.25) is 0 Å². The Balaban J connectivity index is 2.90. The third kappa shape index (κ3) is 3.97. The molecule has 0 saturated carbocycles. The van der Waals surface area contributed by atoms with Crippen LogP contribution in [-0.4, -0.2) is 30.1 Å². The molecule has 0 aliphatic heterocycles. The Labute approximate surface area is 104 Å². The number of aliphatic hydroxyl groups is 2. The smallest absolute Gasteiger partial charge is 0.276 e. The molecule has 0 heterocycles. The minimum atomic E-state index is -3.85. The van der Waals surface area contributed by atoms with Gasteiger partial charge in [0, 0.05) is 0 Å². The summed E-state index contributed by atoms with van der Waals surface area (Å²) in [4.78, 5) is 1.79. The van der Waals surface area contributed by atoms with E-state index in [0.717, 1.165) is 5.56 Å². The van der Waals surface area contributed by atoms with E-state index in [1.54, 1.807) is 17.0 Å². The maximum Gasteiger partial charge on any atom is 0.276 e. The van der Waals surface area contributed by atoms with Crippen LogP contribution in [0.1, 0.15) is 5.56 Å². The van der Waals surface area contributed by atoms with Crippen LogP contribution in [0.4, 0.5) is 0 Å². The third-order valence-electron chi connectivity index (χ3n) is 1.82. The number of nitrogens with one attached hydrogen (secondary N) is 1. The molecule has 0 atom stereocenters. The molecule has 0 unspecified atom stereocenters. The van der Waals surface area contributed by atoms with E-state index in [0.29, 0.717) is 0 Å². The molecule has 0 aliphatic rings. The van der Waals surface area contributed by atoms with Gasteiger partial charge in [-0.05, 0) is 19.1 Å².